The molecule has 0 atom stereocenters. The smallest absolute Gasteiger partial charge is 0.261 e. The van der Waals surface area contributed by atoms with Crippen LogP contribution in [0.2, 0.25) is 0 Å². The second-order valence-electron chi connectivity index (χ2n) is 7.35. The van der Waals surface area contributed by atoms with Gasteiger partial charge in [-0.05, 0) is 31.2 Å². The molecule has 4 aromatic rings. The van der Waals surface area contributed by atoms with Crippen molar-refractivity contribution in [1.29, 1.82) is 0 Å². The quantitative estimate of drug-likeness (QED) is 0.457. The van der Waals surface area contributed by atoms with Gasteiger partial charge < -0.3 is 24.6 Å². The van der Waals surface area contributed by atoms with Crippen LogP contribution in [0, 0.1) is 6.92 Å². The van der Waals surface area contributed by atoms with Crippen LogP contribution in [0.3, 0.4) is 0 Å². The van der Waals surface area contributed by atoms with E-state index in [0.717, 1.165) is 5.56 Å². The summed E-state index contributed by atoms with van der Waals surface area (Å²) < 4.78 is 15.9. The van der Waals surface area contributed by atoms with Crippen molar-refractivity contribution in [2.75, 3.05) is 17.4 Å². The van der Waals surface area contributed by atoms with Gasteiger partial charge in [0.05, 0.1) is 11.3 Å². The summed E-state index contributed by atoms with van der Waals surface area (Å²) in [7, 11) is 0. The molecule has 0 unspecified atom stereocenters. The number of anilines is 2. The molecule has 1 aliphatic heterocycles. The normalized spacial score (nSPS) is 11.8. The number of hydrogen-bond acceptors (Lipinski definition) is 6. The Hall–Kier alpha value is -4.59. The Kier molecular flexibility index (Phi) is 5.24. The van der Waals surface area contributed by atoms with E-state index in [2.05, 4.69) is 15.8 Å². The third-order valence-electron chi connectivity index (χ3n) is 5.19. The van der Waals surface area contributed by atoms with Gasteiger partial charge in [-0.15, -0.1) is 0 Å². The molecule has 0 saturated heterocycles. The molecule has 164 valence electrons. The van der Waals surface area contributed by atoms with E-state index < -0.39 is 5.91 Å². The number of carbonyl (C=O) groups excluding carboxylic acids is 2. The van der Waals surface area contributed by atoms with Crippen molar-refractivity contribution in [2.45, 2.75) is 6.92 Å². The molecule has 5 rings (SSSR count). The van der Waals surface area contributed by atoms with Gasteiger partial charge in [-0.2, -0.15) is 0 Å². The van der Waals surface area contributed by atoms with Gasteiger partial charge in [0.1, 0.15) is 17.0 Å². The predicted molar refractivity (Wildman–Crippen MR) is 122 cm³/mol. The van der Waals surface area contributed by atoms with Gasteiger partial charge in [0.25, 0.3) is 11.8 Å². The number of nitrogens with one attached hydrogen (secondary N) is 2. The highest BCUT2D eigenvalue weighted by Gasteiger charge is 2.23. The van der Waals surface area contributed by atoms with Crippen LogP contribution < -0.4 is 20.1 Å². The fraction of sp³-hybridized carbons (Fsp3) is 0.0800. The molecular weight excluding hydrogens is 422 g/mol. The average Bonchev–Trinajstić information content (AvgIpc) is 3.46. The molecule has 1 aliphatic rings. The van der Waals surface area contributed by atoms with E-state index in [1.165, 1.54) is 0 Å². The number of ether oxygens (including phenoxy) is 2. The van der Waals surface area contributed by atoms with Crippen LogP contribution >= 0.6 is 0 Å². The van der Waals surface area contributed by atoms with Gasteiger partial charge >= 0.3 is 0 Å². The molecule has 0 radical (unpaired) electrons. The zero-order valence-corrected chi connectivity index (χ0v) is 17.6. The first kappa shape index (κ1) is 20.3. The van der Waals surface area contributed by atoms with E-state index in [9.17, 15) is 9.59 Å². The largest absolute Gasteiger partial charge is 0.454 e. The molecule has 2 N–H and O–H groups in total. The fourth-order valence-corrected chi connectivity index (χ4v) is 3.58. The van der Waals surface area contributed by atoms with Crippen molar-refractivity contribution < 1.29 is 23.6 Å². The summed E-state index contributed by atoms with van der Waals surface area (Å²) in [6.07, 6.45) is 0. The molecule has 8 nitrogen and oxygen atoms in total. The molecule has 0 aliphatic carbocycles. The lowest BCUT2D eigenvalue weighted by Gasteiger charge is -2.12. The number of benzene rings is 3. The molecule has 2 heterocycles. The maximum Gasteiger partial charge on any atom is 0.261 e. The Balaban J connectivity index is 1.39. The number of aryl methyl sites for hydroxylation is 1. The van der Waals surface area contributed by atoms with Crippen molar-refractivity contribution in [3.05, 3.63) is 89.7 Å². The zero-order chi connectivity index (χ0) is 22.8. The number of rotatable bonds is 5. The second-order valence-corrected chi connectivity index (χ2v) is 7.35. The molecule has 0 spiro atoms. The van der Waals surface area contributed by atoms with Crippen molar-refractivity contribution in [3.8, 4) is 22.8 Å². The van der Waals surface area contributed by atoms with E-state index in [-0.39, 0.29) is 12.7 Å². The Bertz CT molecular complexity index is 1350. The Morgan fingerprint density at radius 3 is 2.45 bits per heavy atom. The van der Waals surface area contributed by atoms with Crippen LogP contribution in [0.25, 0.3) is 11.3 Å². The van der Waals surface area contributed by atoms with Crippen molar-refractivity contribution >= 4 is 23.2 Å². The van der Waals surface area contributed by atoms with Gasteiger partial charge in [-0.1, -0.05) is 47.6 Å². The number of amides is 2. The van der Waals surface area contributed by atoms with E-state index in [4.69, 9.17) is 14.0 Å². The average molecular weight is 441 g/mol. The summed E-state index contributed by atoms with van der Waals surface area (Å²) in [5.74, 6) is 0.768. The van der Waals surface area contributed by atoms with Crippen LogP contribution in [0.5, 0.6) is 11.5 Å². The highest BCUT2D eigenvalue weighted by Crippen LogP contribution is 2.34. The SMILES string of the molecule is Cc1onc(-c2ccccc2)c1C(=O)Nc1ccccc1C(=O)Nc1ccc2c(c1)OCO2. The molecular formula is C25H19N3O5. The van der Waals surface area contributed by atoms with Crippen LogP contribution in [0.4, 0.5) is 11.4 Å². The predicted octanol–water partition coefficient (Wildman–Crippen LogP) is 4.88. The molecule has 3 aromatic carbocycles. The number of hydrogen-bond donors (Lipinski definition) is 2. The third-order valence-corrected chi connectivity index (χ3v) is 5.19. The lowest BCUT2D eigenvalue weighted by atomic mass is 10.1. The zero-order valence-electron chi connectivity index (χ0n) is 17.6. The lowest BCUT2D eigenvalue weighted by Crippen LogP contribution is -2.19. The number of carbonyl (C=O) groups is 2. The van der Waals surface area contributed by atoms with Crippen molar-refractivity contribution in [2.24, 2.45) is 0 Å². The van der Waals surface area contributed by atoms with Gasteiger partial charge in [0.15, 0.2) is 11.5 Å². The van der Waals surface area contributed by atoms with Crippen LogP contribution in [0.1, 0.15) is 26.5 Å². The lowest BCUT2D eigenvalue weighted by molar-refractivity contribution is 0.102. The number of aromatic nitrogens is 1. The highest BCUT2D eigenvalue weighted by atomic mass is 16.7. The van der Waals surface area contributed by atoms with Gasteiger partial charge in [0, 0.05) is 17.3 Å². The third kappa shape index (κ3) is 4.01. The molecule has 33 heavy (non-hydrogen) atoms. The standard InChI is InChI=1S/C25H19N3O5/c1-15-22(23(28-33-15)16-7-3-2-4-8-16)25(30)27-19-10-6-5-9-18(19)24(29)26-17-11-12-20-21(13-17)32-14-31-20/h2-13H,14H2,1H3,(H,26,29)(H,27,30). The second kappa shape index (κ2) is 8.51. The first-order chi connectivity index (χ1) is 16.1. The summed E-state index contributed by atoms with van der Waals surface area (Å²) in [6, 6.07) is 21.2. The molecule has 0 bridgehead atoms. The minimum Gasteiger partial charge on any atom is -0.454 e. The maximum absolute atomic E-state index is 13.2. The van der Waals surface area contributed by atoms with Gasteiger partial charge in [0.2, 0.25) is 6.79 Å². The summed E-state index contributed by atoms with van der Waals surface area (Å²) in [5, 5.41) is 9.71. The molecule has 1 aromatic heterocycles. The van der Waals surface area contributed by atoms with Gasteiger partial charge in [-0.25, -0.2) is 0 Å². The van der Waals surface area contributed by atoms with Crippen LogP contribution in [-0.2, 0) is 0 Å². The Labute approximate surface area is 189 Å². The summed E-state index contributed by atoms with van der Waals surface area (Å²) in [4.78, 5) is 26.2. The van der Waals surface area contributed by atoms with Crippen LogP contribution in [0.15, 0.2) is 77.3 Å². The molecule has 0 fully saturated rings. The first-order valence-electron chi connectivity index (χ1n) is 10.2. The minimum atomic E-state index is -0.420. The number of para-hydroxylation sites is 1. The summed E-state index contributed by atoms with van der Waals surface area (Å²) in [6.45, 7) is 1.82. The number of nitrogens with zero attached hydrogens (tertiary/aromatic N) is 1. The Morgan fingerprint density at radius 1 is 0.848 bits per heavy atom. The van der Waals surface area contributed by atoms with E-state index in [0.29, 0.717) is 45.5 Å². The van der Waals surface area contributed by atoms with Crippen LogP contribution in [-0.4, -0.2) is 23.8 Å². The molecule has 8 heteroatoms. The molecule has 0 saturated carbocycles. The number of fused-ring (bicyclic) bond motifs is 1. The van der Waals surface area contributed by atoms with E-state index in [1.54, 1.807) is 49.4 Å². The van der Waals surface area contributed by atoms with Crippen molar-refractivity contribution in [3.63, 3.8) is 0 Å². The van der Waals surface area contributed by atoms with Crippen molar-refractivity contribution in [1.82, 2.24) is 5.16 Å². The fourth-order valence-electron chi connectivity index (χ4n) is 3.58. The monoisotopic (exact) mass is 441 g/mol. The summed E-state index contributed by atoms with van der Waals surface area (Å²) >= 11 is 0. The van der Waals surface area contributed by atoms with E-state index in [1.807, 2.05) is 30.3 Å². The maximum atomic E-state index is 13.2. The Morgan fingerprint density at radius 2 is 1.61 bits per heavy atom. The van der Waals surface area contributed by atoms with Gasteiger partial charge in [-0.3, -0.25) is 9.59 Å². The highest BCUT2D eigenvalue weighted by molar-refractivity contribution is 6.14. The molecule has 2 amide bonds. The van der Waals surface area contributed by atoms with E-state index >= 15 is 0 Å². The summed E-state index contributed by atoms with van der Waals surface area (Å²) in [5.41, 5.74) is 2.72. The first-order valence-corrected chi connectivity index (χ1v) is 10.2. The minimum absolute atomic E-state index is 0.148. The topological polar surface area (TPSA) is 103 Å².